The Bertz CT molecular complexity index is 1450. The number of alkyl halides is 3. The van der Waals surface area contributed by atoms with E-state index in [0.29, 0.717) is 22.7 Å². The van der Waals surface area contributed by atoms with Crippen LogP contribution in [0.5, 0.6) is 5.75 Å². The highest BCUT2D eigenvalue weighted by molar-refractivity contribution is 8.05. The molecule has 0 saturated carbocycles. The van der Waals surface area contributed by atoms with Crippen molar-refractivity contribution < 1.29 is 27.5 Å². The van der Waals surface area contributed by atoms with Gasteiger partial charge in [-0.25, -0.2) is 0 Å². The van der Waals surface area contributed by atoms with Gasteiger partial charge >= 0.3 is 6.18 Å². The second-order valence-electron chi connectivity index (χ2n) is 8.44. The summed E-state index contributed by atoms with van der Waals surface area (Å²) in [5, 5.41) is 11.9. The first-order valence-corrected chi connectivity index (χ1v) is 12.3. The number of rotatable bonds is 6. The monoisotopic (exact) mass is 537 g/mol. The molecule has 1 unspecified atom stereocenters. The lowest BCUT2D eigenvalue weighted by Gasteiger charge is -2.19. The first-order valence-electron chi connectivity index (χ1n) is 11.4. The van der Waals surface area contributed by atoms with Crippen LogP contribution in [-0.2, 0) is 22.2 Å². The van der Waals surface area contributed by atoms with Crippen molar-refractivity contribution in [1.29, 1.82) is 5.26 Å². The molecule has 1 saturated heterocycles. The Labute approximate surface area is 221 Å². The van der Waals surface area contributed by atoms with E-state index in [2.05, 4.69) is 5.32 Å². The molecule has 2 amide bonds. The number of para-hydroxylation sites is 1. The zero-order chi connectivity index (χ0) is 27.4. The molecule has 3 aromatic carbocycles. The lowest BCUT2D eigenvalue weighted by molar-refractivity contribution is -0.137. The molecule has 0 bridgehead atoms. The first kappa shape index (κ1) is 26.8. The third kappa shape index (κ3) is 5.68. The van der Waals surface area contributed by atoms with Crippen LogP contribution < -0.4 is 15.0 Å². The van der Waals surface area contributed by atoms with Gasteiger partial charge in [0, 0.05) is 11.4 Å². The maximum Gasteiger partial charge on any atom is 0.416 e. The van der Waals surface area contributed by atoms with E-state index in [0.717, 1.165) is 29.5 Å². The number of thioether (sulfide) groups is 1. The predicted molar refractivity (Wildman–Crippen MR) is 139 cm³/mol. The second kappa shape index (κ2) is 11.0. The van der Waals surface area contributed by atoms with Crippen LogP contribution in [0.2, 0.25) is 0 Å². The van der Waals surface area contributed by atoms with E-state index >= 15 is 0 Å². The van der Waals surface area contributed by atoms with Crippen molar-refractivity contribution >= 4 is 35.0 Å². The van der Waals surface area contributed by atoms with Crippen molar-refractivity contribution in [1.82, 2.24) is 0 Å². The molecule has 1 aliphatic heterocycles. The molecule has 10 heteroatoms. The van der Waals surface area contributed by atoms with Gasteiger partial charge in [-0.2, -0.15) is 18.4 Å². The molecular weight excluding hydrogens is 515 g/mol. The van der Waals surface area contributed by atoms with Crippen molar-refractivity contribution in [2.24, 2.45) is 0 Å². The number of carbonyl (C=O) groups is 2. The van der Waals surface area contributed by atoms with Crippen LogP contribution in [0.4, 0.5) is 24.5 Å². The third-order valence-electron chi connectivity index (χ3n) is 5.90. The Morgan fingerprint density at radius 1 is 1.11 bits per heavy atom. The minimum absolute atomic E-state index is 0.0261. The van der Waals surface area contributed by atoms with Crippen molar-refractivity contribution in [3.05, 3.63) is 100 Å². The summed E-state index contributed by atoms with van der Waals surface area (Å²) in [6.07, 6.45) is -4.55. The molecule has 194 valence electrons. The average molecular weight is 538 g/mol. The highest BCUT2D eigenvalue weighted by atomic mass is 32.2. The fraction of sp³-hybridized carbons (Fsp3) is 0.179. The van der Waals surface area contributed by atoms with Gasteiger partial charge in [-0.15, -0.1) is 0 Å². The number of amides is 2. The fourth-order valence-electron chi connectivity index (χ4n) is 3.94. The number of nitrogens with zero attached hydrogens (tertiary/aromatic N) is 2. The quantitative estimate of drug-likeness (QED) is 0.304. The molecule has 4 rings (SSSR count). The Hall–Kier alpha value is -4.23. The number of carbonyl (C=O) groups excluding carboxylic acids is 2. The summed E-state index contributed by atoms with van der Waals surface area (Å²) in [5.74, 6) is -0.615. The first-order chi connectivity index (χ1) is 18.1. The number of halogens is 3. The van der Waals surface area contributed by atoms with Crippen LogP contribution in [-0.4, -0.2) is 24.2 Å². The van der Waals surface area contributed by atoms with Gasteiger partial charge in [0.15, 0.2) is 0 Å². The lowest BCUT2D eigenvalue weighted by Crippen LogP contribution is -2.31. The fourth-order valence-corrected chi connectivity index (χ4v) is 5.25. The van der Waals surface area contributed by atoms with Gasteiger partial charge in [-0.05, 0) is 60.9 Å². The lowest BCUT2D eigenvalue weighted by atomic mass is 10.1. The molecule has 0 spiro atoms. The van der Waals surface area contributed by atoms with Crippen LogP contribution in [0.15, 0.2) is 83.4 Å². The highest BCUT2D eigenvalue weighted by Crippen LogP contribution is 2.42. The van der Waals surface area contributed by atoms with E-state index in [9.17, 15) is 28.0 Å². The number of nitriles is 1. The van der Waals surface area contributed by atoms with Crippen LogP contribution in [0.25, 0.3) is 0 Å². The summed E-state index contributed by atoms with van der Waals surface area (Å²) in [7, 11) is 1.49. The zero-order valence-electron chi connectivity index (χ0n) is 20.4. The maximum atomic E-state index is 13.6. The molecule has 1 atom stereocenters. The van der Waals surface area contributed by atoms with E-state index in [4.69, 9.17) is 4.74 Å². The molecule has 0 aliphatic carbocycles. The van der Waals surface area contributed by atoms with E-state index in [1.54, 1.807) is 49.4 Å². The number of anilines is 2. The number of hydrogen-bond donors (Lipinski definition) is 1. The number of benzene rings is 3. The van der Waals surface area contributed by atoms with Gasteiger partial charge in [-0.1, -0.05) is 48.2 Å². The van der Waals surface area contributed by atoms with Gasteiger partial charge in [-0.3, -0.25) is 14.5 Å². The van der Waals surface area contributed by atoms with E-state index in [1.165, 1.54) is 24.1 Å². The van der Waals surface area contributed by atoms with Gasteiger partial charge in [0.25, 0.3) is 5.91 Å². The smallest absolute Gasteiger partial charge is 0.416 e. The number of aryl methyl sites for hydroxylation is 1. The van der Waals surface area contributed by atoms with Gasteiger partial charge in [0.1, 0.15) is 22.4 Å². The molecular formula is C28H22F3N3O3S. The molecule has 1 N–H and O–H groups in total. The largest absolute Gasteiger partial charge is 0.497 e. The molecule has 1 heterocycles. The standard InChI is InChI=1S/C28H22F3N3O3S/c1-17-6-3-4-9-23(17)33-25(35)22(16-32)27-34(20-10-12-21(37-2)13-11-20)26(36)24(38-27)15-18-7-5-8-19(14-18)28(29,30)31/h3-14,24H,15H2,1-2H3,(H,33,35)/b27-22-. The topological polar surface area (TPSA) is 82.4 Å². The molecule has 38 heavy (non-hydrogen) atoms. The maximum absolute atomic E-state index is 13.6. The summed E-state index contributed by atoms with van der Waals surface area (Å²) in [6, 6.07) is 20.2. The number of nitrogens with one attached hydrogen (secondary N) is 1. The van der Waals surface area contributed by atoms with Gasteiger partial charge in [0.2, 0.25) is 5.91 Å². The summed E-state index contributed by atoms with van der Waals surface area (Å²) in [4.78, 5) is 28.1. The molecule has 6 nitrogen and oxygen atoms in total. The minimum Gasteiger partial charge on any atom is -0.497 e. The minimum atomic E-state index is -4.52. The molecule has 1 fully saturated rings. The Kier molecular flexibility index (Phi) is 7.78. The van der Waals surface area contributed by atoms with E-state index in [1.807, 2.05) is 12.1 Å². The normalized spacial score (nSPS) is 16.7. The number of hydrogen-bond acceptors (Lipinski definition) is 5. The van der Waals surface area contributed by atoms with Crippen molar-refractivity contribution in [2.45, 2.75) is 24.8 Å². The Morgan fingerprint density at radius 2 is 1.82 bits per heavy atom. The second-order valence-corrected chi connectivity index (χ2v) is 9.63. The summed E-state index contributed by atoms with van der Waals surface area (Å²) >= 11 is 0.976. The summed E-state index contributed by atoms with van der Waals surface area (Å²) in [5.41, 5.74) is 0.896. The molecule has 0 radical (unpaired) electrons. The third-order valence-corrected chi connectivity index (χ3v) is 7.17. The molecule has 0 aromatic heterocycles. The van der Waals surface area contributed by atoms with Crippen LogP contribution in [0, 0.1) is 18.3 Å². The van der Waals surface area contributed by atoms with Crippen molar-refractivity contribution in [3.8, 4) is 11.8 Å². The molecule has 3 aromatic rings. The highest BCUT2D eigenvalue weighted by Gasteiger charge is 2.41. The van der Waals surface area contributed by atoms with Gasteiger partial charge < -0.3 is 10.1 Å². The average Bonchev–Trinajstić information content (AvgIpc) is 3.20. The van der Waals surface area contributed by atoms with Crippen LogP contribution >= 0.6 is 11.8 Å². The van der Waals surface area contributed by atoms with E-state index < -0.39 is 28.8 Å². The SMILES string of the molecule is COc1ccc(N2C(=O)C(Cc3cccc(C(F)(F)F)c3)S/C2=C(/C#N)C(=O)Nc2ccccc2C)cc1. The summed E-state index contributed by atoms with van der Waals surface area (Å²) in [6.45, 7) is 1.80. The van der Waals surface area contributed by atoms with Crippen LogP contribution in [0.1, 0.15) is 16.7 Å². The molecule has 1 aliphatic rings. The van der Waals surface area contributed by atoms with Crippen LogP contribution in [0.3, 0.4) is 0 Å². The van der Waals surface area contributed by atoms with Crippen molar-refractivity contribution in [3.63, 3.8) is 0 Å². The zero-order valence-corrected chi connectivity index (χ0v) is 21.2. The Morgan fingerprint density at radius 3 is 2.45 bits per heavy atom. The van der Waals surface area contributed by atoms with Crippen molar-refractivity contribution in [2.75, 3.05) is 17.3 Å². The summed E-state index contributed by atoms with van der Waals surface area (Å²) < 4.78 is 44.9. The predicted octanol–water partition coefficient (Wildman–Crippen LogP) is 6.09. The number of methoxy groups -OCH3 is 1. The Balaban J connectivity index is 1.73. The van der Waals surface area contributed by atoms with Gasteiger partial charge in [0.05, 0.1) is 17.9 Å². The number of ether oxygens (including phenoxy) is 1. The van der Waals surface area contributed by atoms with E-state index in [-0.39, 0.29) is 17.0 Å².